The molecule has 0 aliphatic carbocycles. The summed E-state index contributed by atoms with van der Waals surface area (Å²) in [6.07, 6.45) is 0. The third-order valence-corrected chi connectivity index (χ3v) is 4.45. The third-order valence-electron chi connectivity index (χ3n) is 2.63. The van der Waals surface area contributed by atoms with Gasteiger partial charge in [0, 0.05) is 12.6 Å². The van der Waals surface area contributed by atoms with Crippen LogP contribution in [0.5, 0.6) is 0 Å². The van der Waals surface area contributed by atoms with E-state index in [4.69, 9.17) is 0 Å². The third kappa shape index (κ3) is 2.79. The molecule has 0 aromatic heterocycles. The lowest BCUT2D eigenvalue weighted by Gasteiger charge is -2.26. The van der Waals surface area contributed by atoms with E-state index in [2.05, 4.69) is 36.5 Å². The van der Waals surface area contributed by atoms with Gasteiger partial charge >= 0.3 is 0 Å². The molecular weight excluding hydrogens is 210 g/mol. The summed E-state index contributed by atoms with van der Waals surface area (Å²) in [7, 11) is -2.70. The van der Waals surface area contributed by atoms with Crippen molar-refractivity contribution in [3.05, 3.63) is 35.4 Å². The lowest BCUT2D eigenvalue weighted by Crippen LogP contribution is -2.50. The van der Waals surface area contributed by atoms with E-state index in [-0.39, 0.29) is 6.04 Å². The molecule has 1 aromatic rings. The van der Waals surface area contributed by atoms with Gasteiger partial charge in [0.25, 0.3) is 0 Å². The fourth-order valence-corrected chi connectivity index (χ4v) is 3.01. The first-order valence-corrected chi connectivity index (χ1v) is 6.87. The Morgan fingerprint density at radius 2 is 1.87 bits per heavy atom. The summed E-state index contributed by atoms with van der Waals surface area (Å²) in [6.45, 7) is 2.80. The highest BCUT2D eigenvalue weighted by molar-refractivity contribution is 7.92. The molecule has 0 bridgehead atoms. The van der Waals surface area contributed by atoms with Gasteiger partial charge in [0.15, 0.2) is 9.84 Å². The Morgan fingerprint density at radius 1 is 1.27 bits per heavy atom. The molecule has 1 fully saturated rings. The van der Waals surface area contributed by atoms with Gasteiger partial charge in [-0.05, 0) is 12.5 Å². The predicted octanol–water partition coefficient (Wildman–Crippen LogP) is 0.882. The number of hydrogen-bond donors (Lipinski definition) is 1. The monoisotopic (exact) mass is 225 g/mol. The highest BCUT2D eigenvalue weighted by atomic mass is 32.2. The summed E-state index contributed by atoms with van der Waals surface area (Å²) in [5.41, 5.74) is 2.44. The molecule has 0 radical (unpaired) electrons. The molecule has 1 aromatic carbocycles. The standard InChI is InChI=1S/C11H15NO2S/c1-9-2-4-10(5-3-9)6-12-11-7-15(13,14)8-11/h2-5,11-12H,6-8H2,1H3. The van der Waals surface area contributed by atoms with Crippen LogP contribution in [0.3, 0.4) is 0 Å². The zero-order chi connectivity index (χ0) is 10.9. The molecule has 0 unspecified atom stereocenters. The Kier molecular flexibility index (Phi) is 2.80. The molecule has 1 N–H and O–H groups in total. The van der Waals surface area contributed by atoms with Gasteiger partial charge in [0.05, 0.1) is 11.5 Å². The maximum Gasteiger partial charge on any atom is 0.153 e. The first-order chi connectivity index (χ1) is 7.05. The van der Waals surface area contributed by atoms with Crippen molar-refractivity contribution in [1.29, 1.82) is 0 Å². The molecule has 0 amide bonds. The molecule has 82 valence electrons. The summed E-state index contributed by atoms with van der Waals surface area (Å²) in [5.74, 6) is 0.581. The molecule has 1 aliphatic heterocycles. The molecule has 0 atom stereocenters. The second kappa shape index (κ2) is 3.94. The van der Waals surface area contributed by atoms with Crippen molar-refractivity contribution in [2.45, 2.75) is 19.5 Å². The summed E-state index contributed by atoms with van der Waals surface area (Å²) in [6, 6.07) is 8.41. The van der Waals surface area contributed by atoms with E-state index >= 15 is 0 Å². The summed E-state index contributed by atoms with van der Waals surface area (Å²) >= 11 is 0. The summed E-state index contributed by atoms with van der Waals surface area (Å²) < 4.78 is 21.8. The maximum absolute atomic E-state index is 10.9. The van der Waals surface area contributed by atoms with Gasteiger partial charge in [-0.2, -0.15) is 0 Å². The van der Waals surface area contributed by atoms with Crippen LogP contribution < -0.4 is 5.32 Å². The summed E-state index contributed by atoms with van der Waals surface area (Å²) in [4.78, 5) is 0. The molecule has 1 aliphatic rings. The van der Waals surface area contributed by atoms with Crippen molar-refractivity contribution in [2.75, 3.05) is 11.5 Å². The van der Waals surface area contributed by atoms with E-state index in [0.717, 1.165) is 6.54 Å². The smallest absolute Gasteiger partial charge is 0.153 e. The van der Waals surface area contributed by atoms with Crippen LogP contribution in [0.1, 0.15) is 11.1 Å². The fourth-order valence-electron chi connectivity index (χ4n) is 1.65. The van der Waals surface area contributed by atoms with Gasteiger partial charge in [-0.15, -0.1) is 0 Å². The van der Waals surface area contributed by atoms with Crippen LogP contribution in [0.2, 0.25) is 0 Å². The average molecular weight is 225 g/mol. The van der Waals surface area contributed by atoms with Crippen LogP contribution >= 0.6 is 0 Å². The molecule has 4 heteroatoms. The Morgan fingerprint density at radius 3 is 2.40 bits per heavy atom. The van der Waals surface area contributed by atoms with Crippen LogP contribution in [0.15, 0.2) is 24.3 Å². The van der Waals surface area contributed by atoms with Crippen molar-refractivity contribution in [1.82, 2.24) is 5.32 Å². The molecule has 1 heterocycles. The average Bonchev–Trinajstić information content (AvgIpc) is 2.14. The highest BCUT2D eigenvalue weighted by Gasteiger charge is 2.32. The molecular formula is C11H15NO2S. The minimum absolute atomic E-state index is 0.149. The normalized spacial score (nSPS) is 19.8. The van der Waals surface area contributed by atoms with Crippen molar-refractivity contribution in [2.24, 2.45) is 0 Å². The minimum atomic E-state index is -2.70. The minimum Gasteiger partial charge on any atom is -0.308 e. The first kappa shape index (κ1) is 10.6. The molecule has 15 heavy (non-hydrogen) atoms. The van der Waals surface area contributed by atoms with Crippen molar-refractivity contribution >= 4 is 9.84 Å². The maximum atomic E-state index is 10.9. The van der Waals surface area contributed by atoms with Gasteiger partial charge in [0.1, 0.15) is 0 Å². The Hall–Kier alpha value is -0.870. The van der Waals surface area contributed by atoms with Crippen LogP contribution in [-0.2, 0) is 16.4 Å². The van der Waals surface area contributed by atoms with Crippen molar-refractivity contribution in [3.63, 3.8) is 0 Å². The lowest BCUT2D eigenvalue weighted by molar-refractivity contribution is 0.511. The van der Waals surface area contributed by atoms with Crippen molar-refractivity contribution < 1.29 is 8.42 Å². The zero-order valence-electron chi connectivity index (χ0n) is 8.73. The molecule has 2 rings (SSSR count). The zero-order valence-corrected chi connectivity index (χ0v) is 9.55. The number of nitrogens with one attached hydrogen (secondary N) is 1. The van der Waals surface area contributed by atoms with Gasteiger partial charge < -0.3 is 5.32 Å². The quantitative estimate of drug-likeness (QED) is 0.830. The molecule has 0 spiro atoms. The second-order valence-electron chi connectivity index (χ2n) is 4.14. The van der Waals surface area contributed by atoms with E-state index in [9.17, 15) is 8.42 Å². The van der Waals surface area contributed by atoms with E-state index in [1.807, 2.05) is 0 Å². The molecule has 3 nitrogen and oxygen atoms in total. The molecule has 1 saturated heterocycles. The number of benzene rings is 1. The van der Waals surface area contributed by atoms with Crippen molar-refractivity contribution in [3.8, 4) is 0 Å². The van der Waals surface area contributed by atoms with E-state index in [1.54, 1.807) is 0 Å². The summed E-state index contributed by atoms with van der Waals surface area (Å²) in [5, 5.41) is 3.23. The topological polar surface area (TPSA) is 46.2 Å². The number of sulfone groups is 1. The van der Waals surface area contributed by atoms with Crippen LogP contribution in [0.4, 0.5) is 0 Å². The van der Waals surface area contributed by atoms with Crippen LogP contribution in [0.25, 0.3) is 0 Å². The Balaban J connectivity index is 1.82. The highest BCUT2D eigenvalue weighted by Crippen LogP contribution is 2.11. The Labute approximate surface area is 90.4 Å². The lowest BCUT2D eigenvalue weighted by atomic mass is 10.1. The second-order valence-corrected chi connectivity index (χ2v) is 6.29. The first-order valence-electron chi connectivity index (χ1n) is 5.04. The van der Waals surface area contributed by atoms with Gasteiger partial charge in [-0.3, -0.25) is 0 Å². The van der Waals surface area contributed by atoms with Gasteiger partial charge in [-0.1, -0.05) is 29.8 Å². The van der Waals surface area contributed by atoms with Crippen LogP contribution in [0, 0.1) is 6.92 Å². The molecule has 0 saturated carbocycles. The Bertz CT molecular complexity index is 424. The van der Waals surface area contributed by atoms with E-state index in [1.165, 1.54) is 11.1 Å². The van der Waals surface area contributed by atoms with Gasteiger partial charge in [-0.25, -0.2) is 8.42 Å². The number of aryl methyl sites for hydroxylation is 1. The number of hydrogen-bond acceptors (Lipinski definition) is 3. The van der Waals surface area contributed by atoms with E-state index < -0.39 is 9.84 Å². The predicted molar refractivity (Wildman–Crippen MR) is 60.5 cm³/mol. The van der Waals surface area contributed by atoms with Gasteiger partial charge in [0.2, 0.25) is 0 Å². The largest absolute Gasteiger partial charge is 0.308 e. The van der Waals surface area contributed by atoms with Crippen LogP contribution in [-0.4, -0.2) is 26.0 Å². The number of rotatable bonds is 3. The fraction of sp³-hybridized carbons (Fsp3) is 0.455. The SMILES string of the molecule is Cc1ccc(CNC2CS(=O)(=O)C2)cc1. The van der Waals surface area contributed by atoms with E-state index in [0.29, 0.717) is 11.5 Å².